The minimum Gasteiger partial charge on any atom is -0.481 e. The van der Waals surface area contributed by atoms with Gasteiger partial charge in [0.1, 0.15) is 11.8 Å². The number of carboxylic acids is 1. The Labute approximate surface area is 134 Å². The molecule has 1 aromatic carbocycles. The van der Waals surface area contributed by atoms with Gasteiger partial charge in [-0.25, -0.2) is 0 Å². The Morgan fingerprint density at radius 1 is 1.52 bits per heavy atom. The molecule has 1 fully saturated rings. The molecule has 7 nitrogen and oxygen atoms in total. The number of carboxylic acid groups (broad SMARTS) is 1. The monoisotopic (exact) mass is 318 g/mol. The standard InChI is InChI=1S/C16H18N2O5/c1-11(23-14-5-3-2-4-12(14)9-17)16(21)18-6-7-22-13(10-18)8-15(19)20/h2-5,11,13H,6-8,10H2,1H3,(H,19,20)/t11-,13+/m0/s1. The van der Waals surface area contributed by atoms with E-state index < -0.39 is 18.2 Å². The number of rotatable bonds is 5. The number of hydrogen-bond donors (Lipinski definition) is 1. The van der Waals surface area contributed by atoms with E-state index in [2.05, 4.69) is 0 Å². The molecule has 1 aromatic rings. The molecule has 0 aromatic heterocycles. The zero-order valence-corrected chi connectivity index (χ0v) is 12.8. The molecular formula is C16H18N2O5. The SMILES string of the molecule is C[C@H](Oc1ccccc1C#N)C(=O)N1CCO[C@H](CC(=O)O)C1. The molecule has 1 aliphatic heterocycles. The zero-order valence-electron chi connectivity index (χ0n) is 12.8. The highest BCUT2D eigenvalue weighted by Crippen LogP contribution is 2.19. The first-order chi connectivity index (χ1) is 11.0. The van der Waals surface area contributed by atoms with Gasteiger partial charge in [0.25, 0.3) is 5.91 Å². The van der Waals surface area contributed by atoms with Crippen LogP contribution < -0.4 is 4.74 Å². The number of carbonyl (C=O) groups is 2. The smallest absolute Gasteiger partial charge is 0.306 e. The molecule has 0 aliphatic carbocycles. The van der Waals surface area contributed by atoms with Crippen LogP contribution in [0.5, 0.6) is 5.75 Å². The summed E-state index contributed by atoms with van der Waals surface area (Å²) in [7, 11) is 0. The summed E-state index contributed by atoms with van der Waals surface area (Å²) < 4.78 is 10.9. The van der Waals surface area contributed by atoms with Gasteiger partial charge in [-0.05, 0) is 19.1 Å². The highest BCUT2D eigenvalue weighted by Gasteiger charge is 2.29. The van der Waals surface area contributed by atoms with E-state index in [1.807, 2.05) is 6.07 Å². The lowest BCUT2D eigenvalue weighted by Crippen LogP contribution is -2.50. The summed E-state index contributed by atoms with van der Waals surface area (Å²) >= 11 is 0. The molecule has 1 amide bonds. The normalized spacial score (nSPS) is 18.8. The van der Waals surface area contributed by atoms with Crippen molar-refractivity contribution in [3.8, 4) is 11.8 Å². The molecular weight excluding hydrogens is 300 g/mol. The Morgan fingerprint density at radius 2 is 2.26 bits per heavy atom. The molecule has 0 bridgehead atoms. The number of benzene rings is 1. The minimum absolute atomic E-state index is 0.143. The Balaban J connectivity index is 1.99. The van der Waals surface area contributed by atoms with Crippen molar-refractivity contribution in [2.24, 2.45) is 0 Å². The van der Waals surface area contributed by atoms with Crippen LogP contribution in [-0.4, -0.2) is 53.8 Å². The fraction of sp³-hybridized carbons (Fsp3) is 0.438. The summed E-state index contributed by atoms with van der Waals surface area (Å²) in [6, 6.07) is 8.71. The molecule has 1 aliphatic rings. The van der Waals surface area contributed by atoms with Gasteiger partial charge in [0, 0.05) is 13.1 Å². The molecule has 0 spiro atoms. The van der Waals surface area contributed by atoms with Gasteiger partial charge in [0.05, 0.1) is 24.7 Å². The van der Waals surface area contributed by atoms with Crippen molar-refractivity contribution in [1.29, 1.82) is 5.26 Å². The first-order valence-electron chi connectivity index (χ1n) is 7.29. The maximum Gasteiger partial charge on any atom is 0.306 e. The second kappa shape index (κ2) is 7.61. The Kier molecular flexibility index (Phi) is 5.55. The van der Waals surface area contributed by atoms with Crippen molar-refractivity contribution in [3.63, 3.8) is 0 Å². The summed E-state index contributed by atoms with van der Waals surface area (Å²) in [5, 5.41) is 17.9. The third-order valence-electron chi connectivity index (χ3n) is 3.51. The third kappa shape index (κ3) is 4.44. The van der Waals surface area contributed by atoms with Gasteiger partial charge in [-0.15, -0.1) is 0 Å². The molecule has 1 N–H and O–H groups in total. The number of ether oxygens (including phenoxy) is 2. The van der Waals surface area contributed by atoms with Crippen molar-refractivity contribution in [2.75, 3.05) is 19.7 Å². The maximum absolute atomic E-state index is 12.4. The van der Waals surface area contributed by atoms with E-state index in [0.29, 0.717) is 24.5 Å². The van der Waals surface area contributed by atoms with Crippen molar-refractivity contribution in [1.82, 2.24) is 4.90 Å². The summed E-state index contributed by atoms with van der Waals surface area (Å²) in [4.78, 5) is 24.7. The van der Waals surface area contributed by atoms with Crippen LogP contribution in [0.15, 0.2) is 24.3 Å². The Bertz CT molecular complexity index is 625. The highest BCUT2D eigenvalue weighted by molar-refractivity contribution is 5.81. The molecule has 0 saturated carbocycles. The number of nitrogens with zero attached hydrogens (tertiary/aromatic N) is 2. The van der Waals surface area contributed by atoms with Gasteiger partial charge in [0.15, 0.2) is 6.10 Å². The van der Waals surface area contributed by atoms with Crippen LogP contribution in [0.2, 0.25) is 0 Å². The molecule has 1 heterocycles. The number of para-hydroxylation sites is 1. The van der Waals surface area contributed by atoms with Gasteiger partial charge in [-0.3, -0.25) is 9.59 Å². The topological polar surface area (TPSA) is 99.9 Å². The van der Waals surface area contributed by atoms with Gasteiger partial charge in [-0.1, -0.05) is 12.1 Å². The summed E-state index contributed by atoms with van der Waals surface area (Å²) in [6.45, 7) is 2.52. The molecule has 1 saturated heterocycles. The fourth-order valence-corrected chi connectivity index (χ4v) is 2.40. The quantitative estimate of drug-likeness (QED) is 0.870. The Hall–Kier alpha value is -2.59. The van der Waals surface area contributed by atoms with Crippen LogP contribution >= 0.6 is 0 Å². The molecule has 122 valence electrons. The van der Waals surface area contributed by atoms with Crippen LogP contribution in [0.3, 0.4) is 0 Å². The van der Waals surface area contributed by atoms with E-state index in [9.17, 15) is 9.59 Å². The molecule has 0 unspecified atom stereocenters. The second-order valence-electron chi connectivity index (χ2n) is 5.24. The molecule has 2 rings (SSSR count). The molecule has 0 radical (unpaired) electrons. The number of aliphatic carboxylic acids is 1. The molecule has 2 atom stereocenters. The third-order valence-corrected chi connectivity index (χ3v) is 3.51. The van der Waals surface area contributed by atoms with E-state index in [-0.39, 0.29) is 18.9 Å². The Morgan fingerprint density at radius 3 is 2.96 bits per heavy atom. The zero-order chi connectivity index (χ0) is 16.8. The van der Waals surface area contributed by atoms with Crippen LogP contribution in [0.4, 0.5) is 0 Å². The second-order valence-corrected chi connectivity index (χ2v) is 5.24. The van der Waals surface area contributed by atoms with Crippen molar-refractivity contribution >= 4 is 11.9 Å². The first-order valence-corrected chi connectivity index (χ1v) is 7.29. The number of nitriles is 1. The van der Waals surface area contributed by atoms with Crippen LogP contribution in [0.1, 0.15) is 18.9 Å². The average Bonchev–Trinajstić information content (AvgIpc) is 2.54. The fourth-order valence-electron chi connectivity index (χ4n) is 2.40. The van der Waals surface area contributed by atoms with E-state index in [0.717, 1.165) is 0 Å². The van der Waals surface area contributed by atoms with Gasteiger partial charge in [-0.2, -0.15) is 5.26 Å². The number of morpholine rings is 1. The lowest BCUT2D eigenvalue weighted by atomic mass is 10.2. The molecule has 7 heteroatoms. The number of hydrogen-bond acceptors (Lipinski definition) is 5. The van der Waals surface area contributed by atoms with E-state index >= 15 is 0 Å². The van der Waals surface area contributed by atoms with E-state index in [1.54, 1.807) is 31.2 Å². The average molecular weight is 318 g/mol. The van der Waals surface area contributed by atoms with Gasteiger partial charge in [0.2, 0.25) is 0 Å². The van der Waals surface area contributed by atoms with Crippen LogP contribution in [0, 0.1) is 11.3 Å². The van der Waals surface area contributed by atoms with E-state index in [1.165, 1.54) is 4.90 Å². The van der Waals surface area contributed by atoms with E-state index in [4.69, 9.17) is 19.8 Å². The van der Waals surface area contributed by atoms with Gasteiger partial charge < -0.3 is 19.5 Å². The highest BCUT2D eigenvalue weighted by atomic mass is 16.5. The largest absolute Gasteiger partial charge is 0.481 e. The molecule has 23 heavy (non-hydrogen) atoms. The number of amides is 1. The predicted molar refractivity (Wildman–Crippen MR) is 79.8 cm³/mol. The first kappa shape index (κ1) is 16.8. The van der Waals surface area contributed by atoms with Gasteiger partial charge >= 0.3 is 5.97 Å². The van der Waals surface area contributed by atoms with Crippen LogP contribution in [-0.2, 0) is 14.3 Å². The van der Waals surface area contributed by atoms with Crippen molar-refractivity contribution in [2.45, 2.75) is 25.6 Å². The lowest BCUT2D eigenvalue weighted by molar-refractivity contribution is -0.151. The lowest BCUT2D eigenvalue weighted by Gasteiger charge is -2.33. The summed E-state index contributed by atoms with van der Waals surface area (Å²) in [6.07, 6.45) is -1.42. The van der Waals surface area contributed by atoms with Crippen LogP contribution in [0.25, 0.3) is 0 Å². The maximum atomic E-state index is 12.4. The summed E-state index contributed by atoms with van der Waals surface area (Å²) in [5.41, 5.74) is 0.359. The predicted octanol–water partition coefficient (Wildman–Crippen LogP) is 1.03. The van der Waals surface area contributed by atoms with Crippen molar-refractivity contribution < 1.29 is 24.2 Å². The minimum atomic E-state index is -0.962. The van der Waals surface area contributed by atoms with Crippen molar-refractivity contribution in [3.05, 3.63) is 29.8 Å². The summed E-state index contributed by atoms with van der Waals surface area (Å²) in [5.74, 6) is -0.862. The number of carbonyl (C=O) groups excluding carboxylic acids is 1.